The number of carbonyl (C=O) groups is 1. The van der Waals surface area contributed by atoms with Crippen molar-refractivity contribution in [1.82, 2.24) is 5.32 Å². The van der Waals surface area contributed by atoms with Crippen molar-refractivity contribution in [2.45, 2.75) is 19.9 Å². The first-order valence-electron chi connectivity index (χ1n) is 5.21. The first kappa shape index (κ1) is 11.7. The number of hydrogen-bond acceptors (Lipinski definition) is 3. The van der Waals surface area contributed by atoms with Crippen molar-refractivity contribution in [1.29, 1.82) is 0 Å². The summed E-state index contributed by atoms with van der Waals surface area (Å²) in [6, 6.07) is 8.63. The minimum absolute atomic E-state index is 0.431. The Labute approximate surface area is 90.4 Å². The van der Waals surface area contributed by atoms with Crippen molar-refractivity contribution in [2.24, 2.45) is 0 Å². The van der Waals surface area contributed by atoms with E-state index in [1.807, 2.05) is 0 Å². The standard InChI is InChI=1S/C9H11N.C3H6O2/c1-2-4-9-7-10-6-5-8(9)3-1;1-2-5-3-4/h1-4,10H,5-7H2;3H,2H2,1H3. The van der Waals surface area contributed by atoms with Crippen molar-refractivity contribution < 1.29 is 9.53 Å². The summed E-state index contributed by atoms with van der Waals surface area (Å²) in [5.41, 5.74) is 2.98. The van der Waals surface area contributed by atoms with Crippen LogP contribution in [0, 0.1) is 0 Å². The maximum atomic E-state index is 9.18. The van der Waals surface area contributed by atoms with Gasteiger partial charge in [0, 0.05) is 6.54 Å². The van der Waals surface area contributed by atoms with E-state index in [0.717, 1.165) is 13.1 Å². The molecule has 3 heteroatoms. The Bertz CT molecular complexity index is 274. The van der Waals surface area contributed by atoms with E-state index < -0.39 is 0 Å². The number of fused-ring (bicyclic) bond motifs is 1. The predicted molar refractivity (Wildman–Crippen MR) is 59.5 cm³/mol. The Morgan fingerprint density at radius 2 is 2.13 bits per heavy atom. The molecule has 0 atom stereocenters. The number of rotatable bonds is 2. The summed E-state index contributed by atoms with van der Waals surface area (Å²) in [7, 11) is 0. The Morgan fingerprint density at radius 3 is 2.67 bits per heavy atom. The van der Waals surface area contributed by atoms with Crippen LogP contribution in [0.25, 0.3) is 0 Å². The van der Waals surface area contributed by atoms with Gasteiger partial charge in [-0.1, -0.05) is 24.3 Å². The van der Waals surface area contributed by atoms with E-state index in [9.17, 15) is 4.79 Å². The fraction of sp³-hybridized carbons (Fsp3) is 0.417. The molecule has 1 aliphatic heterocycles. The molecule has 1 N–H and O–H groups in total. The van der Waals surface area contributed by atoms with Gasteiger partial charge in [0.2, 0.25) is 0 Å². The van der Waals surface area contributed by atoms with Gasteiger partial charge < -0.3 is 10.1 Å². The third kappa shape index (κ3) is 4.13. The minimum Gasteiger partial charge on any atom is -0.468 e. The lowest BCUT2D eigenvalue weighted by Crippen LogP contribution is -2.23. The molecule has 0 saturated carbocycles. The van der Waals surface area contributed by atoms with Gasteiger partial charge in [0.05, 0.1) is 6.61 Å². The molecule has 1 heterocycles. The first-order chi connectivity index (χ1) is 7.38. The van der Waals surface area contributed by atoms with E-state index >= 15 is 0 Å². The topological polar surface area (TPSA) is 38.3 Å². The van der Waals surface area contributed by atoms with Crippen molar-refractivity contribution >= 4 is 6.47 Å². The normalized spacial score (nSPS) is 13.1. The second-order valence-corrected chi connectivity index (χ2v) is 3.25. The number of hydrogen-bond donors (Lipinski definition) is 1. The van der Waals surface area contributed by atoms with E-state index in [2.05, 4.69) is 34.3 Å². The Morgan fingerprint density at radius 1 is 1.40 bits per heavy atom. The fourth-order valence-electron chi connectivity index (χ4n) is 1.49. The molecular formula is C12H17NO2. The third-order valence-corrected chi connectivity index (χ3v) is 2.24. The highest BCUT2D eigenvalue weighted by Crippen LogP contribution is 2.11. The second-order valence-electron chi connectivity index (χ2n) is 3.25. The number of nitrogens with one attached hydrogen (secondary N) is 1. The molecule has 15 heavy (non-hydrogen) atoms. The van der Waals surface area contributed by atoms with Gasteiger partial charge in [0.15, 0.2) is 0 Å². The van der Waals surface area contributed by atoms with Gasteiger partial charge in [-0.05, 0) is 31.0 Å². The van der Waals surface area contributed by atoms with Gasteiger partial charge in [-0.2, -0.15) is 0 Å². The van der Waals surface area contributed by atoms with E-state index in [0.29, 0.717) is 13.1 Å². The van der Waals surface area contributed by atoms with Crippen molar-refractivity contribution in [3.05, 3.63) is 35.4 Å². The van der Waals surface area contributed by atoms with Crippen LogP contribution in [0.1, 0.15) is 18.1 Å². The summed E-state index contributed by atoms with van der Waals surface area (Å²) in [5, 5.41) is 3.34. The van der Waals surface area contributed by atoms with Crippen LogP contribution in [0.2, 0.25) is 0 Å². The van der Waals surface area contributed by atoms with Gasteiger partial charge in [-0.15, -0.1) is 0 Å². The van der Waals surface area contributed by atoms with Crippen LogP contribution >= 0.6 is 0 Å². The maximum Gasteiger partial charge on any atom is 0.293 e. The smallest absolute Gasteiger partial charge is 0.293 e. The summed E-state index contributed by atoms with van der Waals surface area (Å²) in [6.45, 7) is 4.85. The Hall–Kier alpha value is -1.35. The van der Waals surface area contributed by atoms with Crippen LogP contribution in [-0.4, -0.2) is 19.6 Å². The van der Waals surface area contributed by atoms with Crippen molar-refractivity contribution in [3.63, 3.8) is 0 Å². The molecular weight excluding hydrogens is 190 g/mol. The Kier molecular flexibility index (Phi) is 5.48. The minimum atomic E-state index is 0.431. The quantitative estimate of drug-likeness (QED) is 0.747. The molecule has 82 valence electrons. The van der Waals surface area contributed by atoms with Gasteiger partial charge in [-0.25, -0.2) is 0 Å². The number of ether oxygens (including phenoxy) is 1. The summed E-state index contributed by atoms with van der Waals surface area (Å²) < 4.78 is 4.15. The molecule has 0 aliphatic carbocycles. The SMILES string of the molecule is CCOC=O.c1ccc2c(c1)CCNC2. The lowest BCUT2D eigenvalue weighted by atomic mass is 10.0. The van der Waals surface area contributed by atoms with Crippen molar-refractivity contribution in [3.8, 4) is 0 Å². The van der Waals surface area contributed by atoms with Crippen LogP contribution in [0.5, 0.6) is 0 Å². The number of benzene rings is 1. The van der Waals surface area contributed by atoms with Crippen LogP contribution < -0.4 is 5.32 Å². The molecule has 1 aromatic rings. The average molecular weight is 207 g/mol. The highest BCUT2D eigenvalue weighted by atomic mass is 16.5. The number of carbonyl (C=O) groups excluding carboxylic acids is 1. The van der Waals surface area contributed by atoms with Gasteiger partial charge in [0.25, 0.3) is 6.47 Å². The zero-order valence-electron chi connectivity index (χ0n) is 9.03. The molecule has 2 rings (SSSR count). The highest BCUT2D eigenvalue weighted by molar-refractivity contribution is 5.36. The first-order valence-corrected chi connectivity index (χ1v) is 5.21. The monoisotopic (exact) mass is 207 g/mol. The second kappa shape index (κ2) is 7.01. The third-order valence-electron chi connectivity index (χ3n) is 2.24. The van der Waals surface area contributed by atoms with E-state index in [-0.39, 0.29) is 0 Å². The average Bonchev–Trinajstić information content (AvgIpc) is 2.31. The van der Waals surface area contributed by atoms with Crippen LogP contribution in [0.3, 0.4) is 0 Å². The predicted octanol–water partition coefficient (Wildman–Crippen LogP) is 1.51. The van der Waals surface area contributed by atoms with Crippen molar-refractivity contribution in [2.75, 3.05) is 13.2 Å². The molecule has 0 fully saturated rings. The molecule has 0 radical (unpaired) electrons. The maximum absolute atomic E-state index is 9.18. The molecule has 0 saturated heterocycles. The van der Waals surface area contributed by atoms with Gasteiger partial charge >= 0.3 is 0 Å². The highest BCUT2D eigenvalue weighted by Gasteiger charge is 2.05. The molecule has 0 aromatic heterocycles. The lowest BCUT2D eigenvalue weighted by molar-refractivity contribution is -0.128. The molecule has 3 nitrogen and oxygen atoms in total. The van der Waals surface area contributed by atoms with Gasteiger partial charge in [0.1, 0.15) is 0 Å². The molecule has 0 amide bonds. The zero-order chi connectivity index (χ0) is 10.9. The van der Waals surface area contributed by atoms with Crippen LogP contribution in [0.4, 0.5) is 0 Å². The summed E-state index contributed by atoms with van der Waals surface area (Å²) in [5.74, 6) is 0. The lowest BCUT2D eigenvalue weighted by Gasteiger charge is -2.15. The molecule has 0 unspecified atom stereocenters. The molecule has 0 bridgehead atoms. The van der Waals surface area contributed by atoms with E-state index in [1.54, 1.807) is 6.92 Å². The molecule has 1 aromatic carbocycles. The fourth-order valence-corrected chi connectivity index (χ4v) is 1.49. The van der Waals surface area contributed by atoms with E-state index in [1.165, 1.54) is 17.5 Å². The zero-order valence-corrected chi connectivity index (χ0v) is 9.03. The van der Waals surface area contributed by atoms with Crippen LogP contribution in [0.15, 0.2) is 24.3 Å². The van der Waals surface area contributed by atoms with Crippen LogP contribution in [-0.2, 0) is 22.5 Å². The summed E-state index contributed by atoms with van der Waals surface area (Å²) in [4.78, 5) is 9.18. The summed E-state index contributed by atoms with van der Waals surface area (Å²) in [6.07, 6.45) is 1.19. The molecule has 1 aliphatic rings. The summed E-state index contributed by atoms with van der Waals surface area (Å²) >= 11 is 0. The molecule has 0 spiro atoms. The Balaban J connectivity index is 0.000000195. The van der Waals surface area contributed by atoms with E-state index in [4.69, 9.17) is 0 Å². The largest absolute Gasteiger partial charge is 0.468 e. The van der Waals surface area contributed by atoms with Gasteiger partial charge in [-0.3, -0.25) is 4.79 Å².